The summed E-state index contributed by atoms with van der Waals surface area (Å²) >= 11 is 0. The number of hydrogen-bond acceptors (Lipinski definition) is 1. The summed E-state index contributed by atoms with van der Waals surface area (Å²) in [6.07, 6.45) is 1.13. The number of fused-ring (bicyclic) bond motifs is 3. The van der Waals surface area contributed by atoms with Gasteiger partial charge in [-0.2, -0.15) is 0 Å². The molecule has 2 aromatic carbocycles. The quantitative estimate of drug-likeness (QED) is 0.707. The van der Waals surface area contributed by atoms with Crippen LogP contribution in [0.15, 0.2) is 48.5 Å². The molecule has 1 aromatic heterocycles. The average Bonchev–Trinajstić information content (AvgIpc) is 2.81. The van der Waals surface area contributed by atoms with E-state index in [1.165, 1.54) is 33.3 Å². The van der Waals surface area contributed by atoms with Crippen LogP contribution in [0.2, 0.25) is 0 Å². The van der Waals surface area contributed by atoms with Gasteiger partial charge in [-0.1, -0.05) is 36.4 Å². The highest BCUT2D eigenvalue weighted by Gasteiger charge is 2.16. The number of hydrogen-bond donors (Lipinski definition) is 1. The van der Waals surface area contributed by atoms with Gasteiger partial charge >= 0.3 is 0 Å². The number of nitrogens with one attached hydrogen (secondary N) is 1. The second-order valence-electron chi connectivity index (χ2n) is 5.51. The van der Waals surface area contributed by atoms with Crippen LogP contribution < -0.4 is 5.32 Å². The van der Waals surface area contributed by atoms with Crippen molar-refractivity contribution in [2.24, 2.45) is 0 Å². The Hall–Kier alpha value is -2.06. The molecule has 0 saturated heterocycles. The first-order chi connectivity index (χ1) is 9.84. The fraction of sp³-hybridized carbons (Fsp3) is 0.222. The molecule has 2 heteroatoms. The zero-order valence-electron chi connectivity index (χ0n) is 11.7. The highest BCUT2D eigenvalue weighted by atomic mass is 15.1. The van der Waals surface area contributed by atoms with E-state index in [2.05, 4.69) is 65.3 Å². The zero-order chi connectivity index (χ0) is 13.5. The molecule has 0 saturated carbocycles. The molecule has 4 rings (SSSR count). The molecule has 0 unspecified atom stereocenters. The number of rotatable bonds is 1. The van der Waals surface area contributed by atoms with E-state index in [1.807, 2.05) is 0 Å². The van der Waals surface area contributed by atoms with Crippen LogP contribution in [0, 0.1) is 6.92 Å². The Morgan fingerprint density at radius 1 is 1.00 bits per heavy atom. The lowest BCUT2D eigenvalue weighted by Crippen LogP contribution is -2.28. The minimum Gasteiger partial charge on any atom is -0.331 e. The van der Waals surface area contributed by atoms with E-state index in [9.17, 15) is 0 Å². The number of aryl methyl sites for hydroxylation is 1. The van der Waals surface area contributed by atoms with Crippen molar-refractivity contribution >= 4 is 10.9 Å². The first-order valence-corrected chi connectivity index (χ1v) is 7.22. The van der Waals surface area contributed by atoms with Crippen LogP contribution in [0.25, 0.3) is 22.0 Å². The molecular formula is C18H18N2. The maximum absolute atomic E-state index is 3.46. The van der Waals surface area contributed by atoms with Gasteiger partial charge in [0.2, 0.25) is 0 Å². The van der Waals surface area contributed by atoms with Gasteiger partial charge in [0.05, 0.1) is 6.67 Å². The first kappa shape index (κ1) is 11.7. The monoisotopic (exact) mass is 262 g/mol. The molecule has 20 heavy (non-hydrogen) atoms. The summed E-state index contributed by atoms with van der Waals surface area (Å²) in [5, 5.41) is 4.85. The van der Waals surface area contributed by atoms with Crippen molar-refractivity contribution in [1.29, 1.82) is 0 Å². The SMILES string of the molecule is Cc1c2n(c3ccc(-c4ccccc4)cc13)CNCC2. The summed E-state index contributed by atoms with van der Waals surface area (Å²) in [7, 11) is 0. The van der Waals surface area contributed by atoms with Crippen molar-refractivity contribution < 1.29 is 0 Å². The number of nitrogens with zero attached hydrogens (tertiary/aromatic N) is 1. The number of aromatic nitrogens is 1. The molecule has 1 N–H and O–H groups in total. The van der Waals surface area contributed by atoms with Crippen molar-refractivity contribution in [3.05, 3.63) is 59.8 Å². The Labute approximate surface area is 119 Å². The van der Waals surface area contributed by atoms with Crippen LogP contribution in [-0.2, 0) is 13.1 Å². The van der Waals surface area contributed by atoms with Gasteiger partial charge in [-0.25, -0.2) is 0 Å². The molecule has 0 spiro atoms. The molecule has 2 heterocycles. The van der Waals surface area contributed by atoms with Crippen molar-refractivity contribution in [3.63, 3.8) is 0 Å². The predicted molar refractivity (Wildman–Crippen MR) is 83.8 cm³/mol. The second-order valence-corrected chi connectivity index (χ2v) is 5.51. The van der Waals surface area contributed by atoms with Gasteiger partial charge in [-0.3, -0.25) is 5.32 Å². The van der Waals surface area contributed by atoms with Crippen molar-refractivity contribution in [2.75, 3.05) is 6.54 Å². The lowest BCUT2D eigenvalue weighted by atomic mass is 10.0. The summed E-state index contributed by atoms with van der Waals surface area (Å²) in [6, 6.07) is 17.5. The molecule has 100 valence electrons. The van der Waals surface area contributed by atoms with Gasteiger partial charge in [0, 0.05) is 29.6 Å². The van der Waals surface area contributed by atoms with Crippen LogP contribution in [0.4, 0.5) is 0 Å². The van der Waals surface area contributed by atoms with E-state index < -0.39 is 0 Å². The molecule has 0 fully saturated rings. The molecule has 0 bridgehead atoms. The summed E-state index contributed by atoms with van der Waals surface area (Å²) < 4.78 is 2.42. The first-order valence-electron chi connectivity index (χ1n) is 7.22. The Morgan fingerprint density at radius 3 is 2.70 bits per heavy atom. The zero-order valence-corrected chi connectivity index (χ0v) is 11.7. The van der Waals surface area contributed by atoms with Crippen molar-refractivity contribution in [3.8, 4) is 11.1 Å². The summed E-state index contributed by atoms with van der Waals surface area (Å²) in [6.45, 7) is 4.28. The van der Waals surface area contributed by atoms with Gasteiger partial charge < -0.3 is 4.57 Å². The van der Waals surface area contributed by atoms with Gasteiger partial charge in [-0.15, -0.1) is 0 Å². The highest BCUT2D eigenvalue weighted by molar-refractivity contribution is 5.89. The summed E-state index contributed by atoms with van der Waals surface area (Å²) in [5.74, 6) is 0. The normalized spacial score (nSPS) is 14.4. The standard InChI is InChI=1S/C18H18N2/c1-13-16-11-15(14-5-3-2-4-6-14)7-8-18(16)20-12-19-10-9-17(13)20/h2-8,11,19H,9-10,12H2,1H3. The van der Waals surface area contributed by atoms with Gasteiger partial charge in [0.1, 0.15) is 0 Å². The topological polar surface area (TPSA) is 17.0 Å². The largest absolute Gasteiger partial charge is 0.331 e. The summed E-state index contributed by atoms with van der Waals surface area (Å²) in [5.41, 5.74) is 6.88. The Balaban J connectivity index is 1.94. The molecule has 0 amide bonds. The van der Waals surface area contributed by atoms with E-state index >= 15 is 0 Å². The van der Waals surface area contributed by atoms with Gasteiger partial charge in [0.15, 0.2) is 0 Å². The molecule has 0 atom stereocenters. The Kier molecular flexibility index (Phi) is 2.64. The van der Waals surface area contributed by atoms with E-state index in [0.717, 1.165) is 19.6 Å². The Bertz CT molecular complexity index is 769. The maximum atomic E-state index is 3.46. The third-order valence-corrected chi connectivity index (χ3v) is 4.37. The van der Waals surface area contributed by atoms with E-state index in [0.29, 0.717) is 0 Å². The van der Waals surface area contributed by atoms with Crippen molar-refractivity contribution in [1.82, 2.24) is 9.88 Å². The van der Waals surface area contributed by atoms with Gasteiger partial charge in [-0.05, 0) is 35.7 Å². The molecule has 3 aromatic rings. The molecule has 0 aliphatic carbocycles. The fourth-order valence-corrected chi connectivity index (χ4v) is 3.29. The second kappa shape index (κ2) is 4.50. The predicted octanol–water partition coefficient (Wildman–Crippen LogP) is 3.72. The highest BCUT2D eigenvalue weighted by Crippen LogP contribution is 2.31. The third kappa shape index (κ3) is 1.69. The minimum atomic E-state index is 0.935. The van der Waals surface area contributed by atoms with Crippen molar-refractivity contribution in [2.45, 2.75) is 20.0 Å². The lowest BCUT2D eigenvalue weighted by molar-refractivity contribution is 0.505. The smallest absolute Gasteiger partial charge is 0.0728 e. The van der Waals surface area contributed by atoms with E-state index in [4.69, 9.17) is 0 Å². The summed E-state index contributed by atoms with van der Waals surface area (Å²) in [4.78, 5) is 0. The van der Waals surface area contributed by atoms with E-state index in [-0.39, 0.29) is 0 Å². The van der Waals surface area contributed by atoms with Crippen LogP contribution in [0.5, 0.6) is 0 Å². The Morgan fingerprint density at radius 2 is 1.85 bits per heavy atom. The van der Waals surface area contributed by atoms with Crippen LogP contribution in [0.3, 0.4) is 0 Å². The van der Waals surface area contributed by atoms with E-state index in [1.54, 1.807) is 0 Å². The third-order valence-electron chi connectivity index (χ3n) is 4.37. The van der Waals surface area contributed by atoms with Gasteiger partial charge in [0.25, 0.3) is 0 Å². The number of benzene rings is 2. The van der Waals surface area contributed by atoms with Crippen LogP contribution >= 0.6 is 0 Å². The molecule has 1 aliphatic rings. The lowest BCUT2D eigenvalue weighted by Gasteiger charge is -2.18. The average molecular weight is 262 g/mol. The van der Waals surface area contributed by atoms with Crippen LogP contribution in [0.1, 0.15) is 11.3 Å². The molecule has 1 aliphatic heterocycles. The van der Waals surface area contributed by atoms with Crippen LogP contribution in [-0.4, -0.2) is 11.1 Å². The molecular weight excluding hydrogens is 244 g/mol. The maximum Gasteiger partial charge on any atom is 0.0728 e. The molecule has 2 nitrogen and oxygen atoms in total. The fourth-order valence-electron chi connectivity index (χ4n) is 3.29. The minimum absolute atomic E-state index is 0.935. The molecule has 0 radical (unpaired) electrons.